The van der Waals surface area contributed by atoms with Crippen LogP contribution in [-0.4, -0.2) is 37.6 Å². The average Bonchev–Trinajstić information content (AvgIpc) is 3.93. The number of hydrogen-bond acceptors (Lipinski definition) is 4. The van der Waals surface area contributed by atoms with Crippen molar-refractivity contribution in [3.05, 3.63) is 154 Å². The molecule has 0 bridgehead atoms. The second kappa shape index (κ2) is 21.6. The Morgan fingerprint density at radius 1 is 0.588 bits per heavy atom. The van der Waals surface area contributed by atoms with E-state index < -0.39 is 35.8 Å². The maximum absolute atomic E-state index is 13.9. The minimum atomic E-state index is -0.732. The fourth-order valence-electron chi connectivity index (χ4n) is 5.39. The van der Waals surface area contributed by atoms with Gasteiger partial charge in [0.2, 0.25) is 0 Å². The van der Waals surface area contributed by atoms with Crippen LogP contribution in [0.3, 0.4) is 0 Å². The van der Waals surface area contributed by atoms with Crippen molar-refractivity contribution in [3.63, 3.8) is 0 Å². The fraction of sp³-hybridized carbons (Fsp3) is 0.300. The van der Waals surface area contributed by atoms with Crippen molar-refractivity contribution in [1.29, 1.82) is 0 Å². The maximum atomic E-state index is 13.9. The van der Waals surface area contributed by atoms with E-state index in [1.807, 2.05) is 76.3 Å². The van der Waals surface area contributed by atoms with Crippen molar-refractivity contribution < 1.29 is 58.2 Å². The molecule has 6 nitrogen and oxygen atoms in total. The summed E-state index contributed by atoms with van der Waals surface area (Å²) in [6.45, 7) is 7.33. The molecule has 0 amide bonds. The largest absolute Gasteiger partial charge is 4.00 e. The molecule has 4 aromatic rings. The van der Waals surface area contributed by atoms with Crippen LogP contribution in [0.1, 0.15) is 59.3 Å². The molecule has 268 valence electrons. The van der Waals surface area contributed by atoms with Crippen molar-refractivity contribution in [2.24, 2.45) is 0 Å². The molecule has 0 saturated carbocycles. The zero-order valence-electron chi connectivity index (χ0n) is 30.0. The third-order valence-corrected chi connectivity index (χ3v) is 7.64. The van der Waals surface area contributed by atoms with Gasteiger partial charge in [0.25, 0.3) is 0 Å². The number of rotatable bonds is 8. The van der Waals surface area contributed by atoms with Crippen LogP contribution in [-0.2, 0) is 40.7 Å². The molecule has 6 rings (SSSR count). The van der Waals surface area contributed by atoms with Crippen molar-refractivity contribution in [1.82, 2.24) is 9.13 Å². The van der Waals surface area contributed by atoms with Gasteiger partial charge in [-0.25, -0.2) is 41.9 Å². The van der Waals surface area contributed by atoms with Gasteiger partial charge in [-0.15, -0.1) is 49.2 Å². The van der Waals surface area contributed by atoms with Crippen LogP contribution in [0.2, 0.25) is 0 Å². The first-order chi connectivity index (χ1) is 24.0. The molecule has 0 fully saturated rings. The maximum Gasteiger partial charge on any atom is 4.00 e. The first-order valence-corrected chi connectivity index (χ1v) is 15.7. The third kappa shape index (κ3) is 11.6. The molecule has 0 N–H and O–H groups in total. The summed E-state index contributed by atoms with van der Waals surface area (Å²) < 4.78 is 78.0. The summed E-state index contributed by atoms with van der Waals surface area (Å²) in [5.41, 5.74) is 5.25. The van der Waals surface area contributed by atoms with E-state index >= 15 is 0 Å². The van der Waals surface area contributed by atoms with Gasteiger partial charge in [0.05, 0.1) is 0 Å². The molecule has 51 heavy (non-hydrogen) atoms. The molecule has 2 heterocycles. The minimum absolute atomic E-state index is 0. The van der Waals surface area contributed by atoms with Gasteiger partial charge in [-0.2, -0.15) is 12.2 Å². The summed E-state index contributed by atoms with van der Waals surface area (Å²) >= 11 is 0. The van der Waals surface area contributed by atoms with Crippen LogP contribution in [0.15, 0.2) is 72.9 Å². The van der Waals surface area contributed by atoms with E-state index in [1.54, 1.807) is 9.13 Å². The number of ether oxygens (including phenoxy) is 4. The zero-order chi connectivity index (χ0) is 36.8. The van der Waals surface area contributed by atoms with E-state index in [0.717, 1.165) is 46.7 Å². The predicted molar refractivity (Wildman–Crippen MR) is 185 cm³/mol. The molecule has 0 aliphatic heterocycles. The van der Waals surface area contributed by atoms with E-state index in [0.29, 0.717) is 0 Å². The number of aryl methyl sites for hydroxylation is 2. The van der Waals surface area contributed by atoms with Gasteiger partial charge in [-0.1, -0.05) is 0 Å². The molecular weight excluding hydrogens is 696 g/mol. The summed E-state index contributed by atoms with van der Waals surface area (Å²) in [4.78, 5) is 0. The Bertz CT molecular complexity index is 1670. The average molecular weight is 739 g/mol. The first kappa shape index (κ1) is 43.4. The van der Waals surface area contributed by atoms with Crippen molar-refractivity contribution in [2.45, 2.75) is 53.1 Å². The molecule has 2 aromatic carbocycles. The Morgan fingerprint density at radius 3 is 1.18 bits per heavy atom. The quantitative estimate of drug-likeness (QED) is 0.0783. The molecule has 2 aromatic heterocycles. The number of hydrogen-bond donors (Lipinski definition) is 0. The number of halogens is 4. The van der Waals surface area contributed by atoms with Gasteiger partial charge in [0, 0.05) is 85.6 Å². The van der Waals surface area contributed by atoms with Crippen LogP contribution in [0.4, 0.5) is 17.6 Å². The number of aromatic nitrogens is 2. The van der Waals surface area contributed by atoms with E-state index in [9.17, 15) is 17.6 Å². The Morgan fingerprint density at radius 2 is 0.941 bits per heavy atom. The SMILES string of the molecule is COC(OC)c1cc(C)n(-c2ccc(F)[c-]c2F)c1C.COC(OC)c1cc(C)n(-c2ccc(F)[c-]c2F)c1C.[C-]1=CC=CC1.[C-]1=CC=CC1.[Ti+4]. The van der Waals surface area contributed by atoms with Crippen LogP contribution < -0.4 is 0 Å². The first-order valence-electron chi connectivity index (χ1n) is 15.7. The van der Waals surface area contributed by atoms with E-state index in [2.05, 4.69) is 24.3 Å². The Balaban J connectivity index is 0.000000273. The fourth-order valence-corrected chi connectivity index (χ4v) is 5.39. The second-order valence-electron chi connectivity index (χ2n) is 10.9. The van der Waals surface area contributed by atoms with Crippen LogP contribution in [0.5, 0.6) is 0 Å². The molecule has 2 aliphatic carbocycles. The normalized spacial score (nSPS) is 12.4. The van der Waals surface area contributed by atoms with E-state index in [-0.39, 0.29) is 33.1 Å². The van der Waals surface area contributed by atoms with Gasteiger partial charge in [0.15, 0.2) is 12.6 Å². The second-order valence-corrected chi connectivity index (χ2v) is 10.9. The standard InChI is InChI=1S/2C15H16F2NO2.2C5H5.Ti/c2*1-9-7-12(15(19-3)20-4)10(2)18(9)14-6-5-11(16)8-13(14)17;2*1-2-4-5-3-1;/h2*5-7,15H,1-4H3;2*1-3H,4H2;/q4*-1;+4. The van der Waals surface area contributed by atoms with Gasteiger partial charge >= 0.3 is 21.7 Å². The number of benzene rings is 2. The molecule has 0 spiro atoms. The minimum Gasteiger partial charge on any atom is -0.369 e. The van der Waals surface area contributed by atoms with Gasteiger partial charge in [-0.3, -0.25) is 12.2 Å². The molecule has 0 unspecified atom stereocenters. The van der Waals surface area contributed by atoms with Crippen molar-refractivity contribution in [2.75, 3.05) is 28.4 Å². The smallest absolute Gasteiger partial charge is 0.369 e. The summed E-state index contributed by atoms with van der Waals surface area (Å²) in [7, 11) is 6.14. The number of allylic oxidation sites excluding steroid dienone is 8. The summed E-state index contributed by atoms with van der Waals surface area (Å²) in [6.07, 6.45) is 18.9. The van der Waals surface area contributed by atoms with Crippen LogP contribution >= 0.6 is 0 Å². The molecule has 2 aliphatic rings. The third-order valence-electron chi connectivity index (χ3n) is 7.64. The Hall–Kier alpha value is -3.77. The Kier molecular flexibility index (Phi) is 18.4. The van der Waals surface area contributed by atoms with Gasteiger partial charge in [-0.05, 0) is 51.2 Å². The summed E-state index contributed by atoms with van der Waals surface area (Å²) in [6, 6.07) is 12.9. The molecule has 0 atom stereocenters. The van der Waals surface area contributed by atoms with Crippen molar-refractivity contribution >= 4 is 0 Å². The number of methoxy groups -OCH3 is 4. The molecular formula is C40H42F4N2O4Ti. The van der Waals surface area contributed by atoms with Crippen LogP contribution in [0, 0.1) is 75.2 Å². The molecule has 0 saturated heterocycles. The van der Waals surface area contributed by atoms with Gasteiger partial charge in [0.1, 0.15) is 0 Å². The monoisotopic (exact) mass is 738 g/mol. The predicted octanol–water partition coefficient (Wildman–Crippen LogP) is 9.54. The van der Waals surface area contributed by atoms with Crippen molar-refractivity contribution in [3.8, 4) is 11.4 Å². The number of nitrogens with zero attached hydrogens (tertiary/aromatic N) is 2. The summed E-state index contributed by atoms with van der Waals surface area (Å²) in [5.74, 6) is -2.91. The van der Waals surface area contributed by atoms with E-state index in [4.69, 9.17) is 18.9 Å². The Labute approximate surface area is 313 Å². The van der Waals surface area contributed by atoms with E-state index in [1.165, 1.54) is 52.7 Å². The topological polar surface area (TPSA) is 46.8 Å². The molecule has 11 heteroatoms. The molecule has 0 radical (unpaired) electrons. The zero-order valence-corrected chi connectivity index (χ0v) is 31.6. The summed E-state index contributed by atoms with van der Waals surface area (Å²) in [5, 5.41) is 0. The van der Waals surface area contributed by atoms with Gasteiger partial charge < -0.3 is 28.1 Å². The van der Waals surface area contributed by atoms with Crippen LogP contribution in [0.25, 0.3) is 11.4 Å².